The zero-order chi connectivity index (χ0) is 14.3. The van der Waals surface area contributed by atoms with E-state index in [1.807, 2.05) is 38.1 Å². The standard InChI is InChI=1S/C15H23NO3/c1-11(10-17)9-16-15(18)8-12(2)13-4-6-14(19-3)7-5-13/h4-7,11-12,17H,8-10H2,1-3H3,(H,16,18). The Labute approximate surface area is 114 Å². The Morgan fingerprint density at radius 1 is 1.32 bits per heavy atom. The molecular formula is C15H23NO3. The van der Waals surface area contributed by atoms with Gasteiger partial charge in [0.05, 0.1) is 7.11 Å². The molecule has 1 rings (SSSR count). The summed E-state index contributed by atoms with van der Waals surface area (Å²) in [5.74, 6) is 1.09. The van der Waals surface area contributed by atoms with Crippen LogP contribution in [-0.4, -0.2) is 31.3 Å². The van der Waals surface area contributed by atoms with Crippen molar-refractivity contribution in [1.29, 1.82) is 0 Å². The number of nitrogens with one attached hydrogen (secondary N) is 1. The number of methoxy groups -OCH3 is 1. The molecule has 0 spiro atoms. The quantitative estimate of drug-likeness (QED) is 0.792. The number of rotatable bonds is 7. The Hall–Kier alpha value is -1.55. The van der Waals surface area contributed by atoms with E-state index in [1.165, 1.54) is 0 Å². The van der Waals surface area contributed by atoms with Gasteiger partial charge in [0.2, 0.25) is 5.91 Å². The highest BCUT2D eigenvalue weighted by atomic mass is 16.5. The van der Waals surface area contributed by atoms with E-state index in [0.29, 0.717) is 13.0 Å². The van der Waals surface area contributed by atoms with Gasteiger partial charge in [-0.05, 0) is 29.5 Å². The minimum Gasteiger partial charge on any atom is -0.497 e. The lowest BCUT2D eigenvalue weighted by molar-refractivity contribution is -0.121. The molecule has 2 N–H and O–H groups in total. The third-order valence-electron chi connectivity index (χ3n) is 3.14. The van der Waals surface area contributed by atoms with Gasteiger partial charge in [0.25, 0.3) is 0 Å². The van der Waals surface area contributed by atoms with Crippen LogP contribution in [0.4, 0.5) is 0 Å². The smallest absolute Gasteiger partial charge is 0.220 e. The maximum Gasteiger partial charge on any atom is 0.220 e. The molecular weight excluding hydrogens is 242 g/mol. The van der Waals surface area contributed by atoms with Gasteiger partial charge in [0.15, 0.2) is 0 Å². The Kier molecular flexibility index (Phi) is 6.36. The van der Waals surface area contributed by atoms with Crippen molar-refractivity contribution in [3.63, 3.8) is 0 Å². The fourth-order valence-corrected chi connectivity index (χ4v) is 1.75. The Morgan fingerprint density at radius 2 is 1.95 bits per heavy atom. The summed E-state index contributed by atoms with van der Waals surface area (Å²) in [4.78, 5) is 11.8. The van der Waals surface area contributed by atoms with E-state index >= 15 is 0 Å². The molecule has 0 bridgehead atoms. The number of amides is 1. The molecule has 1 aromatic rings. The van der Waals surface area contributed by atoms with Crippen molar-refractivity contribution in [2.24, 2.45) is 5.92 Å². The van der Waals surface area contributed by atoms with Crippen LogP contribution < -0.4 is 10.1 Å². The van der Waals surface area contributed by atoms with Crippen LogP contribution in [0.3, 0.4) is 0 Å². The third-order valence-corrected chi connectivity index (χ3v) is 3.14. The number of hydrogen-bond acceptors (Lipinski definition) is 3. The van der Waals surface area contributed by atoms with Crippen molar-refractivity contribution in [1.82, 2.24) is 5.32 Å². The predicted octanol–water partition coefficient (Wildman–Crippen LogP) is 1.93. The molecule has 1 aromatic carbocycles. The summed E-state index contributed by atoms with van der Waals surface area (Å²) in [6, 6.07) is 7.76. The lowest BCUT2D eigenvalue weighted by Gasteiger charge is -2.14. The van der Waals surface area contributed by atoms with E-state index in [2.05, 4.69) is 5.32 Å². The van der Waals surface area contributed by atoms with Crippen LogP contribution in [0.1, 0.15) is 31.7 Å². The summed E-state index contributed by atoms with van der Waals surface area (Å²) in [7, 11) is 1.63. The Morgan fingerprint density at radius 3 is 2.47 bits per heavy atom. The average Bonchev–Trinajstić information content (AvgIpc) is 2.44. The number of ether oxygens (including phenoxy) is 1. The van der Waals surface area contributed by atoms with Crippen LogP contribution in [0, 0.1) is 5.92 Å². The molecule has 0 radical (unpaired) electrons. The lowest BCUT2D eigenvalue weighted by Crippen LogP contribution is -2.30. The van der Waals surface area contributed by atoms with Gasteiger partial charge in [-0.2, -0.15) is 0 Å². The van der Waals surface area contributed by atoms with Crippen molar-refractivity contribution in [2.45, 2.75) is 26.2 Å². The van der Waals surface area contributed by atoms with Crippen LogP contribution in [0.25, 0.3) is 0 Å². The van der Waals surface area contributed by atoms with Crippen molar-refractivity contribution in [2.75, 3.05) is 20.3 Å². The number of carbonyl (C=O) groups is 1. The summed E-state index contributed by atoms with van der Waals surface area (Å²) < 4.78 is 5.10. The first kappa shape index (κ1) is 15.5. The first-order valence-corrected chi connectivity index (χ1v) is 6.58. The Balaban J connectivity index is 2.44. The molecule has 0 aliphatic rings. The van der Waals surface area contributed by atoms with Gasteiger partial charge < -0.3 is 15.2 Å². The van der Waals surface area contributed by atoms with Crippen molar-refractivity contribution in [3.05, 3.63) is 29.8 Å². The SMILES string of the molecule is COc1ccc(C(C)CC(=O)NCC(C)CO)cc1. The second kappa shape index (κ2) is 7.79. The maximum absolute atomic E-state index is 11.8. The van der Waals surface area contributed by atoms with Crippen molar-refractivity contribution >= 4 is 5.91 Å². The molecule has 0 saturated heterocycles. The van der Waals surface area contributed by atoms with E-state index in [1.54, 1.807) is 7.11 Å². The van der Waals surface area contributed by atoms with Gasteiger partial charge in [0.1, 0.15) is 5.75 Å². The van der Waals surface area contributed by atoms with Crippen LogP contribution in [-0.2, 0) is 4.79 Å². The highest BCUT2D eigenvalue weighted by Crippen LogP contribution is 2.21. The first-order valence-electron chi connectivity index (χ1n) is 6.58. The molecule has 106 valence electrons. The molecule has 0 saturated carbocycles. The summed E-state index contributed by atoms with van der Waals surface area (Å²) in [6.07, 6.45) is 0.449. The van der Waals surface area contributed by atoms with Gasteiger partial charge in [-0.25, -0.2) is 0 Å². The fraction of sp³-hybridized carbons (Fsp3) is 0.533. The zero-order valence-electron chi connectivity index (χ0n) is 11.8. The van der Waals surface area contributed by atoms with Crippen molar-refractivity contribution in [3.8, 4) is 5.75 Å². The molecule has 4 nitrogen and oxygen atoms in total. The van der Waals surface area contributed by atoms with Gasteiger partial charge in [-0.15, -0.1) is 0 Å². The second-order valence-corrected chi connectivity index (χ2v) is 4.97. The van der Waals surface area contributed by atoms with E-state index < -0.39 is 0 Å². The van der Waals surface area contributed by atoms with Crippen LogP contribution in [0.2, 0.25) is 0 Å². The summed E-state index contributed by atoms with van der Waals surface area (Å²) in [5.41, 5.74) is 1.12. The normalized spacial score (nSPS) is 13.7. The highest BCUT2D eigenvalue weighted by molar-refractivity contribution is 5.76. The van der Waals surface area contributed by atoms with Crippen LogP contribution >= 0.6 is 0 Å². The molecule has 0 heterocycles. The molecule has 1 amide bonds. The fourth-order valence-electron chi connectivity index (χ4n) is 1.75. The minimum atomic E-state index is 0.0172. The molecule has 4 heteroatoms. The number of aliphatic hydroxyl groups is 1. The zero-order valence-corrected chi connectivity index (χ0v) is 11.8. The molecule has 0 aliphatic heterocycles. The maximum atomic E-state index is 11.8. The highest BCUT2D eigenvalue weighted by Gasteiger charge is 2.12. The predicted molar refractivity (Wildman–Crippen MR) is 75.3 cm³/mol. The summed E-state index contributed by atoms with van der Waals surface area (Å²) in [5, 5.41) is 11.7. The molecule has 0 aromatic heterocycles. The largest absolute Gasteiger partial charge is 0.497 e. The van der Waals surface area contributed by atoms with E-state index in [-0.39, 0.29) is 24.3 Å². The van der Waals surface area contributed by atoms with Gasteiger partial charge in [-0.1, -0.05) is 26.0 Å². The molecule has 19 heavy (non-hydrogen) atoms. The first-order chi connectivity index (χ1) is 9.06. The van der Waals surface area contributed by atoms with Gasteiger partial charge in [0, 0.05) is 19.6 Å². The molecule has 2 unspecified atom stereocenters. The minimum absolute atomic E-state index is 0.0172. The number of carbonyl (C=O) groups excluding carboxylic acids is 1. The van der Waals surface area contributed by atoms with Crippen LogP contribution in [0.5, 0.6) is 5.75 Å². The number of hydrogen-bond donors (Lipinski definition) is 2. The van der Waals surface area contributed by atoms with E-state index in [4.69, 9.17) is 9.84 Å². The number of aliphatic hydroxyl groups excluding tert-OH is 1. The van der Waals surface area contributed by atoms with Crippen LogP contribution in [0.15, 0.2) is 24.3 Å². The number of benzene rings is 1. The lowest BCUT2D eigenvalue weighted by atomic mass is 9.97. The monoisotopic (exact) mass is 265 g/mol. The van der Waals surface area contributed by atoms with E-state index in [0.717, 1.165) is 11.3 Å². The summed E-state index contributed by atoms with van der Waals surface area (Å²) in [6.45, 7) is 4.53. The molecule has 2 atom stereocenters. The summed E-state index contributed by atoms with van der Waals surface area (Å²) >= 11 is 0. The van der Waals surface area contributed by atoms with E-state index in [9.17, 15) is 4.79 Å². The molecule has 0 fully saturated rings. The Bertz CT molecular complexity index is 389. The molecule has 0 aliphatic carbocycles. The average molecular weight is 265 g/mol. The van der Waals surface area contributed by atoms with Gasteiger partial charge in [-0.3, -0.25) is 4.79 Å². The third kappa shape index (κ3) is 5.30. The van der Waals surface area contributed by atoms with Crippen molar-refractivity contribution < 1.29 is 14.6 Å². The van der Waals surface area contributed by atoms with Gasteiger partial charge >= 0.3 is 0 Å². The second-order valence-electron chi connectivity index (χ2n) is 4.97. The topological polar surface area (TPSA) is 58.6 Å².